The van der Waals surface area contributed by atoms with Crippen LogP contribution in [0.5, 0.6) is 0 Å². The van der Waals surface area contributed by atoms with E-state index in [0.717, 1.165) is 16.5 Å². The van der Waals surface area contributed by atoms with E-state index in [9.17, 15) is 19.2 Å². The van der Waals surface area contributed by atoms with E-state index in [0.29, 0.717) is 0 Å². The Balaban J connectivity index is 1.69. The van der Waals surface area contributed by atoms with Crippen LogP contribution >= 0.6 is 0 Å². The molecule has 4 N–H and O–H groups in total. The number of ether oxygens (including phenoxy) is 1. The highest BCUT2D eigenvalue weighted by molar-refractivity contribution is 5.99. The summed E-state index contributed by atoms with van der Waals surface area (Å²) in [6, 6.07) is 5.07. The Morgan fingerprint density at radius 1 is 1.18 bits per heavy atom. The predicted octanol–water partition coefficient (Wildman–Crippen LogP) is -0.239. The van der Waals surface area contributed by atoms with Gasteiger partial charge in [0.2, 0.25) is 17.7 Å². The number of carbonyl (C=O) groups is 4. The molecule has 1 aliphatic rings. The number of hydrogen-bond donors (Lipinski definition) is 4. The van der Waals surface area contributed by atoms with Gasteiger partial charge >= 0.3 is 5.97 Å². The van der Waals surface area contributed by atoms with Crippen molar-refractivity contribution < 1.29 is 23.9 Å². The van der Waals surface area contributed by atoms with Crippen molar-refractivity contribution in [1.82, 2.24) is 20.9 Å². The van der Waals surface area contributed by atoms with Crippen molar-refractivity contribution in [1.29, 1.82) is 0 Å². The number of hydrogen-bond acceptors (Lipinski definition) is 5. The van der Waals surface area contributed by atoms with E-state index in [1.165, 1.54) is 7.11 Å². The van der Waals surface area contributed by atoms with E-state index in [1.807, 2.05) is 24.3 Å². The molecule has 3 rings (SSSR count). The largest absolute Gasteiger partial charge is 0.467 e. The Bertz CT molecular complexity index is 922. The van der Waals surface area contributed by atoms with Crippen molar-refractivity contribution in [3.8, 4) is 0 Å². The number of piperazine rings is 1. The minimum atomic E-state index is -0.977. The number of esters is 1. The van der Waals surface area contributed by atoms with Gasteiger partial charge in [-0.2, -0.15) is 0 Å². The van der Waals surface area contributed by atoms with Gasteiger partial charge < -0.3 is 25.7 Å². The highest BCUT2D eigenvalue weighted by Gasteiger charge is 2.33. The first-order valence-electron chi connectivity index (χ1n) is 8.92. The van der Waals surface area contributed by atoms with Gasteiger partial charge in [-0.15, -0.1) is 0 Å². The predicted molar refractivity (Wildman–Crippen MR) is 100 cm³/mol. The summed E-state index contributed by atoms with van der Waals surface area (Å²) in [4.78, 5) is 51.4. The minimum Gasteiger partial charge on any atom is -0.467 e. The molecule has 0 unspecified atom stereocenters. The topological polar surface area (TPSA) is 129 Å². The first-order valence-corrected chi connectivity index (χ1v) is 8.92. The van der Waals surface area contributed by atoms with Crippen molar-refractivity contribution in [3.63, 3.8) is 0 Å². The van der Waals surface area contributed by atoms with E-state index in [-0.39, 0.29) is 18.7 Å². The molecular weight excluding hydrogens is 364 g/mol. The van der Waals surface area contributed by atoms with Crippen molar-refractivity contribution in [2.75, 3.05) is 7.11 Å². The van der Waals surface area contributed by atoms with E-state index in [4.69, 9.17) is 4.74 Å². The van der Waals surface area contributed by atoms with Gasteiger partial charge in [0.1, 0.15) is 18.1 Å². The molecule has 1 aromatic heterocycles. The second kappa shape index (κ2) is 8.12. The van der Waals surface area contributed by atoms with E-state index in [1.54, 1.807) is 13.1 Å². The Morgan fingerprint density at radius 2 is 1.93 bits per heavy atom. The van der Waals surface area contributed by atoms with Gasteiger partial charge in [-0.3, -0.25) is 14.4 Å². The van der Waals surface area contributed by atoms with Crippen molar-refractivity contribution >= 4 is 34.6 Å². The lowest BCUT2D eigenvalue weighted by molar-refractivity contribution is -0.145. The molecule has 0 radical (unpaired) electrons. The molecule has 1 saturated heterocycles. The third kappa shape index (κ3) is 4.13. The lowest BCUT2D eigenvalue weighted by Crippen LogP contribution is -2.61. The number of amides is 3. The molecule has 3 atom stereocenters. The summed E-state index contributed by atoms with van der Waals surface area (Å²) >= 11 is 0. The Kier molecular flexibility index (Phi) is 5.62. The van der Waals surface area contributed by atoms with Crippen LogP contribution in [0.25, 0.3) is 10.9 Å². The lowest BCUT2D eigenvalue weighted by Gasteiger charge is -2.27. The van der Waals surface area contributed by atoms with Crippen molar-refractivity contribution in [2.24, 2.45) is 0 Å². The third-order valence-corrected chi connectivity index (χ3v) is 4.69. The molecule has 2 heterocycles. The Morgan fingerprint density at radius 3 is 2.68 bits per heavy atom. The summed E-state index contributed by atoms with van der Waals surface area (Å²) in [6.45, 7) is 1.55. The molecule has 28 heavy (non-hydrogen) atoms. The van der Waals surface area contributed by atoms with E-state index >= 15 is 0 Å². The minimum absolute atomic E-state index is 0.225. The lowest BCUT2D eigenvalue weighted by atomic mass is 10.0. The van der Waals surface area contributed by atoms with Crippen LogP contribution in [0.3, 0.4) is 0 Å². The van der Waals surface area contributed by atoms with E-state index < -0.39 is 35.9 Å². The SMILES string of the molecule is COC(=O)[C@@H](Cc1c[nH]c2ccccc12)NC(=O)C[C@@H]1NC(=O)[C@H](C)NC1=O. The maximum Gasteiger partial charge on any atom is 0.328 e. The molecule has 0 bridgehead atoms. The molecule has 9 heteroatoms. The molecule has 0 spiro atoms. The summed E-state index contributed by atoms with van der Waals surface area (Å²) in [7, 11) is 1.24. The molecule has 0 saturated carbocycles. The van der Waals surface area contributed by atoms with Crippen LogP contribution in [-0.2, 0) is 30.3 Å². The molecular formula is C19H22N4O5. The average Bonchev–Trinajstić information content (AvgIpc) is 3.08. The van der Waals surface area contributed by atoms with E-state index in [2.05, 4.69) is 20.9 Å². The van der Waals surface area contributed by atoms with Crippen LogP contribution in [0.4, 0.5) is 0 Å². The molecule has 9 nitrogen and oxygen atoms in total. The summed E-state index contributed by atoms with van der Waals surface area (Å²) in [5.74, 6) is -1.93. The molecule has 2 aromatic rings. The smallest absolute Gasteiger partial charge is 0.328 e. The number of fused-ring (bicyclic) bond motifs is 1. The summed E-state index contributed by atoms with van der Waals surface area (Å²) in [6.07, 6.45) is 1.73. The summed E-state index contributed by atoms with van der Waals surface area (Å²) in [5, 5.41) is 8.55. The van der Waals surface area contributed by atoms with Crippen molar-refractivity contribution in [2.45, 2.75) is 37.9 Å². The van der Waals surface area contributed by atoms with Crippen LogP contribution in [0.15, 0.2) is 30.5 Å². The highest BCUT2D eigenvalue weighted by atomic mass is 16.5. The van der Waals surface area contributed by atoms with Gasteiger partial charge in [0.05, 0.1) is 13.5 Å². The zero-order valence-corrected chi connectivity index (χ0v) is 15.6. The molecule has 0 aliphatic carbocycles. The quantitative estimate of drug-likeness (QED) is 0.509. The van der Waals surface area contributed by atoms with Gasteiger partial charge in [0, 0.05) is 23.5 Å². The van der Waals surface area contributed by atoms with Crippen LogP contribution < -0.4 is 16.0 Å². The number of rotatable bonds is 6. The van der Waals surface area contributed by atoms with Crippen LogP contribution in [0.1, 0.15) is 18.9 Å². The Hall–Kier alpha value is -3.36. The fourth-order valence-corrected chi connectivity index (χ4v) is 3.18. The van der Waals surface area contributed by atoms with Gasteiger partial charge in [0.15, 0.2) is 0 Å². The van der Waals surface area contributed by atoms with Gasteiger partial charge in [-0.05, 0) is 18.6 Å². The zero-order valence-electron chi connectivity index (χ0n) is 15.6. The monoisotopic (exact) mass is 386 g/mol. The maximum atomic E-state index is 12.4. The number of aromatic nitrogens is 1. The van der Waals surface area contributed by atoms with Crippen LogP contribution in [0.2, 0.25) is 0 Å². The number of aromatic amines is 1. The molecule has 1 fully saturated rings. The fraction of sp³-hybridized carbons (Fsp3) is 0.368. The van der Waals surface area contributed by atoms with Crippen molar-refractivity contribution in [3.05, 3.63) is 36.0 Å². The standard InChI is InChI=1S/C19H22N4O5/c1-10-17(25)23-14(18(26)21-10)8-16(24)22-15(19(27)28-2)7-11-9-20-13-6-4-3-5-12(11)13/h3-6,9-10,14-15,20H,7-8H2,1-2H3,(H,21,26)(H,22,24)(H,23,25)/t10-,14-,15+/m0/s1. The summed E-state index contributed by atoms with van der Waals surface area (Å²) < 4.78 is 4.80. The van der Waals surface area contributed by atoms with Crippen LogP contribution in [0, 0.1) is 0 Å². The second-order valence-electron chi connectivity index (χ2n) is 6.70. The first kappa shape index (κ1) is 19.4. The number of benzene rings is 1. The third-order valence-electron chi connectivity index (χ3n) is 4.69. The highest BCUT2D eigenvalue weighted by Crippen LogP contribution is 2.19. The second-order valence-corrected chi connectivity index (χ2v) is 6.70. The number of methoxy groups -OCH3 is 1. The number of nitrogens with one attached hydrogen (secondary N) is 4. The molecule has 1 aliphatic heterocycles. The van der Waals surface area contributed by atoms with Gasteiger partial charge in [-0.25, -0.2) is 4.79 Å². The number of para-hydroxylation sites is 1. The average molecular weight is 386 g/mol. The van der Waals surface area contributed by atoms with Crippen LogP contribution in [-0.4, -0.2) is 53.9 Å². The number of carbonyl (C=O) groups excluding carboxylic acids is 4. The number of H-pyrrole nitrogens is 1. The normalized spacial score (nSPS) is 20.2. The van der Waals surface area contributed by atoms with Gasteiger partial charge in [0.25, 0.3) is 0 Å². The maximum absolute atomic E-state index is 12.4. The summed E-state index contributed by atoms with van der Waals surface area (Å²) in [5.41, 5.74) is 1.77. The first-order chi connectivity index (χ1) is 13.4. The fourth-order valence-electron chi connectivity index (χ4n) is 3.18. The Labute approximate surface area is 161 Å². The zero-order chi connectivity index (χ0) is 20.3. The molecule has 3 amide bonds. The molecule has 148 valence electrons. The van der Waals surface area contributed by atoms with Gasteiger partial charge in [-0.1, -0.05) is 18.2 Å². The molecule has 1 aromatic carbocycles.